The number of nitrogens with zero attached hydrogens (tertiary/aromatic N) is 4. The largest absolute Gasteiger partial charge is 0.471 e. The van der Waals surface area contributed by atoms with E-state index in [4.69, 9.17) is 4.74 Å². The van der Waals surface area contributed by atoms with E-state index in [0.29, 0.717) is 5.82 Å². The SMILES string of the molecule is CC(Oc1cc(-c2noc(C(F)(F)F)n2)ccn1)c1nc2ccccc2[nH]1. The van der Waals surface area contributed by atoms with Gasteiger partial charge in [-0.05, 0) is 25.1 Å². The first-order chi connectivity index (χ1) is 12.9. The molecule has 1 unspecified atom stereocenters. The van der Waals surface area contributed by atoms with Gasteiger partial charge in [-0.15, -0.1) is 0 Å². The number of hydrogen-bond acceptors (Lipinski definition) is 6. The van der Waals surface area contributed by atoms with Gasteiger partial charge in [-0.1, -0.05) is 17.3 Å². The number of rotatable bonds is 4. The number of ether oxygens (including phenoxy) is 1. The highest BCUT2D eigenvalue weighted by Gasteiger charge is 2.38. The lowest BCUT2D eigenvalue weighted by atomic mass is 10.2. The Balaban J connectivity index is 1.56. The quantitative estimate of drug-likeness (QED) is 0.576. The van der Waals surface area contributed by atoms with Gasteiger partial charge in [0.2, 0.25) is 11.7 Å². The third-order valence-electron chi connectivity index (χ3n) is 3.75. The van der Waals surface area contributed by atoms with Crippen molar-refractivity contribution in [1.82, 2.24) is 25.1 Å². The maximum absolute atomic E-state index is 12.6. The van der Waals surface area contributed by atoms with Gasteiger partial charge in [0, 0.05) is 17.8 Å². The first kappa shape index (κ1) is 17.0. The molecule has 0 aliphatic heterocycles. The van der Waals surface area contributed by atoms with E-state index in [1.165, 1.54) is 18.3 Å². The van der Waals surface area contributed by atoms with E-state index >= 15 is 0 Å². The Labute approximate surface area is 150 Å². The monoisotopic (exact) mass is 375 g/mol. The minimum absolute atomic E-state index is 0.193. The van der Waals surface area contributed by atoms with Gasteiger partial charge in [-0.2, -0.15) is 18.2 Å². The number of alkyl halides is 3. The molecule has 4 rings (SSSR count). The van der Waals surface area contributed by atoms with Crippen LogP contribution in [-0.4, -0.2) is 25.1 Å². The highest BCUT2D eigenvalue weighted by molar-refractivity contribution is 5.74. The van der Waals surface area contributed by atoms with Gasteiger partial charge in [0.05, 0.1) is 11.0 Å². The molecule has 0 saturated carbocycles. The molecule has 0 aliphatic rings. The highest BCUT2D eigenvalue weighted by Crippen LogP contribution is 2.30. The summed E-state index contributed by atoms with van der Waals surface area (Å²) >= 11 is 0. The van der Waals surface area contributed by atoms with Crippen molar-refractivity contribution >= 4 is 11.0 Å². The molecule has 0 radical (unpaired) electrons. The Morgan fingerprint density at radius 2 is 1.96 bits per heavy atom. The zero-order valence-electron chi connectivity index (χ0n) is 13.9. The molecule has 1 atom stereocenters. The summed E-state index contributed by atoms with van der Waals surface area (Å²) in [5, 5.41) is 3.35. The molecule has 3 heterocycles. The van der Waals surface area contributed by atoms with Crippen molar-refractivity contribution in [3.05, 3.63) is 54.3 Å². The summed E-state index contributed by atoms with van der Waals surface area (Å²) in [5.41, 5.74) is 1.96. The number of halogens is 3. The van der Waals surface area contributed by atoms with Crippen LogP contribution in [0.3, 0.4) is 0 Å². The van der Waals surface area contributed by atoms with Crippen LogP contribution in [0, 0.1) is 0 Å². The molecule has 7 nitrogen and oxygen atoms in total. The smallest absolute Gasteiger partial charge is 0.466 e. The van der Waals surface area contributed by atoms with Crippen LogP contribution in [0.25, 0.3) is 22.4 Å². The van der Waals surface area contributed by atoms with E-state index in [0.717, 1.165) is 11.0 Å². The molecule has 0 amide bonds. The number of para-hydroxylation sites is 2. The second kappa shape index (κ2) is 6.38. The molecule has 3 aromatic heterocycles. The van der Waals surface area contributed by atoms with Crippen molar-refractivity contribution in [3.63, 3.8) is 0 Å². The Kier molecular flexibility index (Phi) is 4.02. The molecular formula is C17H12F3N5O2. The van der Waals surface area contributed by atoms with Crippen molar-refractivity contribution in [1.29, 1.82) is 0 Å². The summed E-state index contributed by atoms with van der Waals surface area (Å²) < 4.78 is 47.8. The normalized spacial score (nSPS) is 13.0. The Morgan fingerprint density at radius 1 is 1.15 bits per heavy atom. The molecule has 1 aromatic carbocycles. The molecule has 4 aromatic rings. The summed E-state index contributed by atoms with van der Waals surface area (Å²) in [7, 11) is 0. The van der Waals surface area contributed by atoms with Gasteiger partial charge in [0.15, 0.2) is 6.10 Å². The van der Waals surface area contributed by atoms with Crippen molar-refractivity contribution in [2.75, 3.05) is 0 Å². The van der Waals surface area contributed by atoms with Crippen molar-refractivity contribution in [3.8, 4) is 17.3 Å². The third-order valence-corrected chi connectivity index (χ3v) is 3.75. The average molecular weight is 375 g/mol. The number of aromatic nitrogens is 5. The minimum atomic E-state index is -4.70. The fourth-order valence-electron chi connectivity index (χ4n) is 2.47. The lowest BCUT2D eigenvalue weighted by Gasteiger charge is -2.11. The molecule has 0 bridgehead atoms. The third kappa shape index (κ3) is 3.46. The molecule has 10 heteroatoms. The van der Waals surface area contributed by atoms with E-state index < -0.39 is 18.2 Å². The van der Waals surface area contributed by atoms with Crippen LogP contribution in [0.4, 0.5) is 13.2 Å². The standard InChI is InChI=1S/C17H12F3N5O2/c1-9(14-22-11-4-2-3-5-12(11)23-14)26-13-8-10(6-7-21-13)15-24-16(27-25-15)17(18,19)20/h2-9H,1H3,(H,22,23). The molecule has 1 N–H and O–H groups in total. The van der Waals surface area contributed by atoms with Crippen LogP contribution in [0.15, 0.2) is 47.1 Å². The topological polar surface area (TPSA) is 89.7 Å². The van der Waals surface area contributed by atoms with Crippen molar-refractivity contribution in [2.45, 2.75) is 19.2 Å². The summed E-state index contributed by atoms with van der Waals surface area (Å²) in [6.45, 7) is 1.78. The van der Waals surface area contributed by atoms with Gasteiger partial charge in [-0.25, -0.2) is 9.97 Å². The van der Waals surface area contributed by atoms with Crippen LogP contribution >= 0.6 is 0 Å². The van der Waals surface area contributed by atoms with Gasteiger partial charge in [0.1, 0.15) is 5.82 Å². The summed E-state index contributed by atoms with van der Waals surface area (Å²) in [6, 6.07) is 10.4. The van der Waals surface area contributed by atoms with Crippen LogP contribution in [0.2, 0.25) is 0 Å². The Bertz CT molecular complexity index is 1060. The fraction of sp³-hybridized carbons (Fsp3) is 0.176. The number of imidazole rings is 1. The number of pyridine rings is 1. The zero-order chi connectivity index (χ0) is 19.0. The predicted octanol–water partition coefficient (Wildman–Crippen LogP) is 4.17. The maximum Gasteiger partial charge on any atom is 0.471 e. The number of fused-ring (bicyclic) bond motifs is 1. The lowest BCUT2D eigenvalue weighted by Crippen LogP contribution is -2.06. The van der Waals surface area contributed by atoms with Gasteiger partial charge >= 0.3 is 12.1 Å². The number of hydrogen-bond donors (Lipinski definition) is 1. The molecule has 138 valence electrons. The first-order valence-corrected chi connectivity index (χ1v) is 7.89. The minimum Gasteiger partial charge on any atom is -0.466 e. The fourth-order valence-corrected chi connectivity index (χ4v) is 2.47. The maximum atomic E-state index is 12.6. The number of benzene rings is 1. The number of H-pyrrole nitrogens is 1. The molecule has 0 aliphatic carbocycles. The number of aromatic amines is 1. The van der Waals surface area contributed by atoms with E-state index in [-0.39, 0.29) is 17.3 Å². The lowest BCUT2D eigenvalue weighted by molar-refractivity contribution is -0.159. The van der Waals surface area contributed by atoms with Crippen molar-refractivity contribution in [2.24, 2.45) is 0 Å². The predicted molar refractivity (Wildman–Crippen MR) is 87.7 cm³/mol. The Hall–Kier alpha value is -3.43. The highest BCUT2D eigenvalue weighted by atomic mass is 19.4. The number of nitrogens with one attached hydrogen (secondary N) is 1. The Morgan fingerprint density at radius 3 is 2.70 bits per heavy atom. The van der Waals surface area contributed by atoms with E-state index in [1.54, 1.807) is 6.92 Å². The molecule has 27 heavy (non-hydrogen) atoms. The first-order valence-electron chi connectivity index (χ1n) is 7.89. The van der Waals surface area contributed by atoms with Crippen LogP contribution in [0.1, 0.15) is 24.7 Å². The molecular weight excluding hydrogens is 363 g/mol. The van der Waals surface area contributed by atoms with E-state index in [9.17, 15) is 13.2 Å². The van der Waals surface area contributed by atoms with Gasteiger partial charge in [-0.3, -0.25) is 0 Å². The van der Waals surface area contributed by atoms with Crippen LogP contribution < -0.4 is 4.74 Å². The molecule has 0 fully saturated rings. The summed E-state index contributed by atoms with van der Waals surface area (Å²) in [4.78, 5) is 15.0. The molecule has 0 spiro atoms. The van der Waals surface area contributed by atoms with Gasteiger partial charge in [0.25, 0.3) is 0 Å². The second-order valence-corrected chi connectivity index (χ2v) is 5.70. The van der Waals surface area contributed by atoms with Gasteiger partial charge < -0.3 is 14.2 Å². The zero-order valence-corrected chi connectivity index (χ0v) is 13.9. The molecule has 0 saturated heterocycles. The van der Waals surface area contributed by atoms with E-state index in [2.05, 4.69) is 29.6 Å². The van der Waals surface area contributed by atoms with Crippen LogP contribution in [0.5, 0.6) is 5.88 Å². The van der Waals surface area contributed by atoms with Crippen LogP contribution in [-0.2, 0) is 6.18 Å². The average Bonchev–Trinajstić information content (AvgIpc) is 3.29. The summed E-state index contributed by atoms with van der Waals surface area (Å²) in [5.74, 6) is -0.820. The van der Waals surface area contributed by atoms with Crippen molar-refractivity contribution < 1.29 is 22.4 Å². The van der Waals surface area contributed by atoms with E-state index in [1.807, 2.05) is 24.3 Å². The summed E-state index contributed by atoms with van der Waals surface area (Å²) in [6.07, 6.45) is -3.77. The second-order valence-electron chi connectivity index (χ2n) is 5.70.